The lowest BCUT2D eigenvalue weighted by atomic mass is 9.98. The molecule has 0 saturated carbocycles. The van der Waals surface area contributed by atoms with Gasteiger partial charge in [0.2, 0.25) is 0 Å². The molecule has 42 heavy (non-hydrogen) atoms. The van der Waals surface area contributed by atoms with Crippen LogP contribution < -0.4 is 0 Å². The van der Waals surface area contributed by atoms with Crippen molar-refractivity contribution >= 4 is 23.9 Å². The molecule has 0 radical (unpaired) electrons. The molecular weight excluding hydrogens is 544 g/mol. The van der Waals surface area contributed by atoms with Gasteiger partial charge in [0, 0.05) is 25.7 Å². The molecule has 1 aliphatic heterocycles. The number of aliphatic hydroxyl groups is 1. The van der Waals surface area contributed by atoms with E-state index in [2.05, 4.69) is 6.92 Å². The van der Waals surface area contributed by atoms with Gasteiger partial charge in [-0.1, -0.05) is 91.9 Å². The van der Waals surface area contributed by atoms with E-state index in [-0.39, 0.29) is 32.3 Å². The Balaban J connectivity index is 3.14. The smallest absolute Gasteiger partial charge is 0.306 e. The number of hydrogen-bond donors (Lipinski definition) is 1. The van der Waals surface area contributed by atoms with Gasteiger partial charge < -0.3 is 28.8 Å². The van der Waals surface area contributed by atoms with Crippen LogP contribution in [-0.2, 0) is 42.9 Å². The van der Waals surface area contributed by atoms with Crippen LogP contribution in [0.5, 0.6) is 0 Å². The van der Waals surface area contributed by atoms with Gasteiger partial charge in [0.1, 0.15) is 12.7 Å². The predicted octanol–water partition coefficient (Wildman–Crippen LogP) is 6.08. The van der Waals surface area contributed by atoms with E-state index in [0.29, 0.717) is 25.7 Å². The standard InChI is InChI=1S/C32H56O10/c1-5-9-13-14-18-22-28(36)42-31-30(41-27(35)21-17-12-8-4)29(40-26(34)20-16-11-7-3)24(39-32(31)37)23-38-25(33)19-15-10-6-2/h24,29-32,37H,5-23H2,1-4H3/t24-,29-,30+,31+,32+/m1/s1. The van der Waals surface area contributed by atoms with E-state index >= 15 is 0 Å². The van der Waals surface area contributed by atoms with Crippen molar-refractivity contribution in [3.05, 3.63) is 0 Å². The number of carbonyl (C=O) groups is 4. The molecule has 0 bridgehead atoms. The third kappa shape index (κ3) is 15.9. The largest absolute Gasteiger partial charge is 0.463 e. The van der Waals surface area contributed by atoms with Crippen LogP contribution in [0.2, 0.25) is 0 Å². The summed E-state index contributed by atoms with van der Waals surface area (Å²) in [4.78, 5) is 50.8. The van der Waals surface area contributed by atoms with Gasteiger partial charge in [-0.15, -0.1) is 0 Å². The van der Waals surface area contributed by atoms with Crippen LogP contribution in [0.25, 0.3) is 0 Å². The number of hydrogen-bond acceptors (Lipinski definition) is 10. The molecule has 0 aromatic rings. The highest BCUT2D eigenvalue weighted by Gasteiger charge is 2.52. The number of aliphatic hydroxyl groups excluding tert-OH is 1. The van der Waals surface area contributed by atoms with Gasteiger partial charge in [0.25, 0.3) is 0 Å². The lowest BCUT2D eigenvalue weighted by Gasteiger charge is -2.43. The third-order valence-electron chi connectivity index (χ3n) is 7.26. The predicted molar refractivity (Wildman–Crippen MR) is 157 cm³/mol. The lowest BCUT2D eigenvalue weighted by Crippen LogP contribution is -2.62. The fourth-order valence-corrected chi connectivity index (χ4v) is 4.74. The topological polar surface area (TPSA) is 135 Å². The fraction of sp³-hybridized carbons (Fsp3) is 0.875. The zero-order chi connectivity index (χ0) is 31.2. The van der Waals surface area contributed by atoms with E-state index in [1.807, 2.05) is 20.8 Å². The summed E-state index contributed by atoms with van der Waals surface area (Å²) in [5.74, 6) is -2.12. The summed E-state index contributed by atoms with van der Waals surface area (Å²) in [7, 11) is 0. The Morgan fingerprint density at radius 1 is 0.524 bits per heavy atom. The molecule has 244 valence electrons. The summed E-state index contributed by atoms with van der Waals surface area (Å²) >= 11 is 0. The van der Waals surface area contributed by atoms with Crippen LogP contribution in [0.15, 0.2) is 0 Å². The highest BCUT2D eigenvalue weighted by molar-refractivity contribution is 5.72. The van der Waals surface area contributed by atoms with Crippen LogP contribution in [0.4, 0.5) is 0 Å². The van der Waals surface area contributed by atoms with Crippen molar-refractivity contribution in [1.29, 1.82) is 0 Å². The van der Waals surface area contributed by atoms with Gasteiger partial charge in [0.15, 0.2) is 24.6 Å². The molecule has 0 aromatic carbocycles. The third-order valence-corrected chi connectivity index (χ3v) is 7.26. The summed E-state index contributed by atoms with van der Waals surface area (Å²) < 4.78 is 28.3. The van der Waals surface area contributed by atoms with Crippen molar-refractivity contribution in [2.75, 3.05) is 6.61 Å². The molecule has 0 aliphatic carbocycles. The monoisotopic (exact) mass is 600 g/mol. The van der Waals surface area contributed by atoms with E-state index in [9.17, 15) is 24.3 Å². The maximum atomic E-state index is 12.8. The Morgan fingerprint density at radius 2 is 0.905 bits per heavy atom. The Hall–Kier alpha value is -2.20. The number of carbonyl (C=O) groups excluding carboxylic acids is 4. The van der Waals surface area contributed by atoms with Crippen LogP contribution in [0, 0.1) is 0 Å². The molecule has 1 heterocycles. The van der Waals surface area contributed by atoms with Crippen molar-refractivity contribution in [1.82, 2.24) is 0 Å². The molecule has 1 rings (SSSR count). The SMILES string of the molecule is CCCCCCCC(=O)O[C@H]1[C@@H](OC(=O)CCCCC)[C@H](OC(=O)CCCCC)[C@@H](COC(=O)CCCCC)O[C@@H]1O. The number of ether oxygens (including phenoxy) is 5. The Kier molecular flexibility index (Phi) is 21.0. The van der Waals surface area contributed by atoms with Crippen LogP contribution >= 0.6 is 0 Å². The first-order chi connectivity index (χ1) is 20.3. The average molecular weight is 601 g/mol. The van der Waals surface area contributed by atoms with Crippen molar-refractivity contribution in [2.24, 2.45) is 0 Å². The summed E-state index contributed by atoms with van der Waals surface area (Å²) in [5.41, 5.74) is 0. The molecule has 1 aliphatic rings. The molecule has 1 saturated heterocycles. The molecule has 0 amide bonds. The highest BCUT2D eigenvalue weighted by Crippen LogP contribution is 2.29. The Morgan fingerprint density at radius 3 is 1.40 bits per heavy atom. The van der Waals surface area contributed by atoms with E-state index in [1.165, 1.54) is 0 Å². The first kappa shape index (κ1) is 37.8. The van der Waals surface area contributed by atoms with E-state index in [1.54, 1.807) is 0 Å². The van der Waals surface area contributed by atoms with Crippen LogP contribution in [0.3, 0.4) is 0 Å². The minimum Gasteiger partial charge on any atom is -0.463 e. The van der Waals surface area contributed by atoms with Gasteiger partial charge in [0.05, 0.1) is 0 Å². The molecule has 1 N–H and O–H groups in total. The molecule has 5 atom stereocenters. The number of esters is 4. The van der Waals surface area contributed by atoms with Crippen LogP contribution in [0.1, 0.15) is 143 Å². The Bertz CT molecular complexity index is 770. The second-order valence-corrected chi connectivity index (χ2v) is 11.1. The second kappa shape index (κ2) is 23.3. The summed E-state index contributed by atoms with van der Waals surface area (Å²) in [6.45, 7) is 7.85. The summed E-state index contributed by atoms with van der Waals surface area (Å²) in [5, 5.41) is 10.9. The summed E-state index contributed by atoms with van der Waals surface area (Å²) in [6, 6.07) is 0. The zero-order valence-corrected chi connectivity index (χ0v) is 26.4. The highest BCUT2D eigenvalue weighted by atomic mass is 16.7. The number of rotatable bonds is 23. The zero-order valence-electron chi connectivity index (χ0n) is 26.4. The van der Waals surface area contributed by atoms with Crippen LogP contribution in [-0.4, -0.2) is 66.3 Å². The first-order valence-corrected chi connectivity index (χ1v) is 16.3. The molecule has 10 nitrogen and oxygen atoms in total. The fourth-order valence-electron chi connectivity index (χ4n) is 4.74. The first-order valence-electron chi connectivity index (χ1n) is 16.3. The molecule has 10 heteroatoms. The van der Waals surface area contributed by atoms with Crippen molar-refractivity contribution in [2.45, 2.75) is 174 Å². The quantitative estimate of drug-likeness (QED) is 0.0834. The second-order valence-electron chi connectivity index (χ2n) is 11.1. The van der Waals surface area contributed by atoms with Gasteiger partial charge in [-0.25, -0.2) is 0 Å². The van der Waals surface area contributed by atoms with Crippen molar-refractivity contribution in [3.63, 3.8) is 0 Å². The maximum Gasteiger partial charge on any atom is 0.306 e. The molecule has 0 spiro atoms. The van der Waals surface area contributed by atoms with Gasteiger partial charge in [-0.3, -0.25) is 19.2 Å². The van der Waals surface area contributed by atoms with Gasteiger partial charge in [-0.05, 0) is 25.7 Å². The molecule has 0 unspecified atom stereocenters. The lowest BCUT2D eigenvalue weighted by molar-refractivity contribution is -0.297. The van der Waals surface area contributed by atoms with E-state index < -0.39 is 54.6 Å². The van der Waals surface area contributed by atoms with Crippen molar-refractivity contribution in [3.8, 4) is 0 Å². The van der Waals surface area contributed by atoms with E-state index in [4.69, 9.17) is 23.7 Å². The average Bonchev–Trinajstić information content (AvgIpc) is 2.95. The Labute approximate surface area is 252 Å². The minimum absolute atomic E-state index is 0.119. The number of unbranched alkanes of at least 4 members (excludes halogenated alkanes) is 10. The van der Waals surface area contributed by atoms with Gasteiger partial charge in [-0.2, -0.15) is 0 Å². The molecule has 1 fully saturated rings. The normalized spacial score (nSPS) is 21.9. The van der Waals surface area contributed by atoms with Crippen molar-refractivity contribution < 1.29 is 48.0 Å². The summed E-state index contributed by atoms with van der Waals surface area (Å²) in [6.07, 6.45) is 5.68. The van der Waals surface area contributed by atoms with Gasteiger partial charge >= 0.3 is 23.9 Å². The minimum atomic E-state index is -1.68. The molecular formula is C32H56O10. The van der Waals surface area contributed by atoms with E-state index in [0.717, 1.165) is 64.2 Å². The molecule has 0 aromatic heterocycles. The maximum absolute atomic E-state index is 12.8.